The molecule has 2 aromatic rings. The molecule has 4 nitrogen and oxygen atoms in total. The molecule has 2 rings (SSSR count). The number of H-pyrrole nitrogens is 1. The van der Waals surface area contributed by atoms with Crippen molar-refractivity contribution in [2.24, 2.45) is 0 Å². The van der Waals surface area contributed by atoms with Gasteiger partial charge in [-0.15, -0.1) is 5.10 Å². The molecule has 0 radical (unpaired) electrons. The summed E-state index contributed by atoms with van der Waals surface area (Å²) in [6.07, 6.45) is 4.60. The molecule has 1 heterocycles. The van der Waals surface area contributed by atoms with Crippen LogP contribution in [0.25, 0.3) is 0 Å². The average molecular weight is 230 g/mol. The van der Waals surface area contributed by atoms with E-state index in [-0.39, 0.29) is 0 Å². The molecule has 0 saturated heterocycles. The van der Waals surface area contributed by atoms with Gasteiger partial charge in [0, 0.05) is 12.1 Å². The Kier molecular flexibility index (Phi) is 4.13. The molecule has 0 saturated carbocycles. The summed E-state index contributed by atoms with van der Waals surface area (Å²) in [5, 5.41) is 10.3. The highest BCUT2D eigenvalue weighted by molar-refractivity contribution is 5.52. The first-order valence-corrected chi connectivity index (χ1v) is 6.12. The molecule has 0 fully saturated rings. The third kappa shape index (κ3) is 3.59. The van der Waals surface area contributed by atoms with Crippen LogP contribution in [0.5, 0.6) is 0 Å². The number of anilines is 2. The Labute approximate surface area is 101 Å². The van der Waals surface area contributed by atoms with Crippen molar-refractivity contribution in [3.05, 3.63) is 36.2 Å². The number of benzene rings is 1. The van der Waals surface area contributed by atoms with Crippen LogP contribution in [0, 0.1) is 0 Å². The van der Waals surface area contributed by atoms with Crippen LogP contribution >= 0.6 is 0 Å². The second-order valence-corrected chi connectivity index (χ2v) is 4.05. The summed E-state index contributed by atoms with van der Waals surface area (Å²) in [7, 11) is 0. The fourth-order valence-electron chi connectivity index (χ4n) is 1.66. The van der Waals surface area contributed by atoms with Gasteiger partial charge in [-0.2, -0.15) is 4.98 Å². The lowest BCUT2D eigenvalue weighted by Gasteiger charge is -1.99. The zero-order valence-corrected chi connectivity index (χ0v) is 10.1. The highest BCUT2D eigenvalue weighted by Crippen LogP contribution is 2.12. The summed E-state index contributed by atoms with van der Waals surface area (Å²) in [6.45, 7) is 2.20. The highest BCUT2D eigenvalue weighted by atomic mass is 15.3. The van der Waals surface area contributed by atoms with Gasteiger partial charge in [-0.3, -0.25) is 5.10 Å². The SMILES string of the molecule is CCCCCc1nc(Nc2ccccc2)n[nH]1. The van der Waals surface area contributed by atoms with Crippen LogP contribution < -0.4 is 5.32 Å². The minimum absolute atomic E-state index is 0.641. The molecular weight excluding hydrogens is 212 g/mol. The van der Waals surface area contributed by atoms with Crippen LogP contribution in [0.15, 0.2) is 30.3 Å². The maximum Gasteiger partial charge on any atom is 0.246 e. The first-order chi connectivity index (χ1) is 8.38. The van der Waals surface area contributed by atoms with Crippen molar-refractivity contribution in [1.82, 2.24) is 15.2 Å². The van der Waals surface area contributed by atoms with Crippen LogP contribution in [-0.2, 0) is 6.42 Å². The number of rotatable bonds is 6. The van der Waals surface area contributed by atoms with E-state index in [1.165, 1.54) is 12.8 Å². The second kappa shape index (κ2) is 6.03. The number of hydrogen-bond acceptors (Lipinski definition) is 3. The van der Waals surface area contributed by atoms with Crippen molar-refractivity contribution < 1.29 is 0 Å². The van der Waals surface area contributed by atoms with Crippen molar-refractivity contribution in [2.75, 3.05) is 5.32 Å². The molecule has 0 bridgehead atoms. The number of hydrogen-bond donors (Lipinski definition) is 2. The minimum atomic E-state index is 0.641. The Morgan fingerprint density at radius 2 is 2.00 bits per heavy atom. The molecule has 0 aliphatic carbocycles. The molecule has 0 amide bonds. The van der Waals surface area contributed by atoms with Gasteiger partial charge < -0.3 is 5.32 Å². The number of aryl methyl sites for hydroxylation is 1. The van der Waals surface area contributed by atoms with E-state index in [9.17, 15) is 0 Å². The van der Waals surface area contributed by atoms with Crippen molar-refractivity contribution in [1.29, 1.82) is 0 Å². The summed E-state index contributed by atoms with van der Waals surface area (Å²) in [4.78, 5) is 4.40. The minimum Gasteiger partial charge on any atom is -0.323 e. The van der Waals surface area contributed by atoms with Gasteiger partial charge in [-0.1, -0.05) is 38.0 Å². The molecule has 17 heavy (non-hydrogen) atoms. The lowest BCUT2D eigenvalue weighted by atomic mass is 10.2. The number of unbranched alkanes of at least 4 members (excludes halogenated alkanes) is 2. The van der Waals surface area contributed by atoms with Gasteiger partial charge in [0.1, 0.15) is 5.82 Å². The van der Waals surface area contributed by atoms with Crippen LogP contribution in [0.1, 0.15) is 32.0 Å². The predicted molar refractivity (Wildman–Crippen MR) is 69.3 cm³/mol. The molecule has 0 aliphatic heterocycles. The van der Waals surface area contributed by atoms with Crippen LogP contribution in [0.2, 0.25) is 0 Å². The third-order valence-corrected chi connectivity index (χ3v) is 2.58. The quantitative estimate of drug-likeness (QED) is 0.749. The van der Waals surface area contributed by atoms with Crippen molar-refractivity contribution in [3.8, 4) is 0 Å². The molecular formula is C13H18N4. The van der Waals surface area contributed by atoms with Gasteiger partial charge in [0.2, 0.25) is 5.95 Å². The van der Waals surface area contributed by atoms with Gasteiger partial charge in [0.05, 0.1) is 0 Å². The average Bonchev–Trinajstić information content (AvgIpc) is 2.79. The molecule has 0 spiro atoms. The summed E-state index contributed by atoms with van der Waals surface area (Å²) in [5.41, 5.74) is 1.01. The Balaban J connectivity index is 1.90. The first kappa shape index (κ1) is 11.6. The van der Waals surface area contributed by atoms with Crippen LogP contribution in [0.3, 0.4) is 0 Å². The van der Waals surface area contributed by atoms with E-state index in [0.29, 0.717) is 5.95 Å². The van der Waals surface area contributed by atoms with Gasteiger partial charge in [0.25, 0.3) is 0 Å². The van der Waals surface area contributed by atoms with E-state index in [2.05, 4.69) is 27.4 Å². The highest BCUT2D eigenvalue weighted by Gasteiger charge is 2.02. The number of nitrogens with zero attached hydrogens (tertiary/aromatic N) is 2. The first-order valence-electron chi connectivity index (χ1n) is 6.12. The molecule has 1 aromatic heterocycles. The summed E-state index contributed by atoms with van der Waals surface area (Å²) < 4.78 is 0. The molecule has 1 aromatic carbocycles. The lowest BCUT2D eigenvalue weighted by molar-refractivity contribution is 0.695. The van der Waals surface area contributed by atoms with Gasteiger partial charge in [0.15, 0.2) is 0 Å². The molecule has 2 N–H and O–H groups in total. The van der Waals surface area contributed by atoms with Crippen LogP contribution in [0.4, 0.5) is 11.6 Å². The maximum absolute atomic E-state index is 4.40. The van der Waals surface area contributed by atoms with E-state index in [0.717, 1.165) is 24.4 Å². The van der Waals surface area contributed by atoms with Crippen molar-refractivity contribution >= 4 is 11.6 Å². The Bertz CT molecular complexity index is 436. The van der Waals surface area contributed by atoms with E-state index in [1.807, 2.05) is 30.3 Å². The normalized spacial score (nSPS) is 10.4. The van der Waals surface area contributed by atoms with Crippen LogP contribution in [-0.4, -0.2) is 15.2 Å². The Morgan fingerprint density at radius 1 is 1.18 bits per heavy atom. The van der Waals surface area contributed by atoms with E-state index >= 15 is 0 Å². The summed E-state index contributed by atoms with van der Waals surface area (Å²) >= 11 is 0. The fourth-order valence-corrected chi connectivity index (χ4v) is 1.66. The smallest absolute Gasteiger partial charge is 0.246 e. The summed E-state index contributed by atoms with van der Waals surface area (Å²) in [5.74, 6) is 1.60. The van der Waals surface area contributed by atoms with Gasteiger partial charge >= 0.3 is 0 Å². The number of aromatic nitrogens is 3. The predicted octanol–water partition coefficient (Wildman–Crippen LogP) is 3.28. The zero-order valence-electron chi connectivity index (χ0n) is 10.1. The third-order valence-electron chi connectivity index (χ3n) is 2.58. The molecule has 4 heteroatoms. The lowest BCUT2D eigenvalue weighted by Crippen LogP contribution is -1.92. The molecule has 0 aliphatic rings. The second-order valence-electron chi connectivity index (χ2n) is 4.05. The van der Waals surface area contributed by atoms with Gasteiger partial charge in [-0.05, 0) is 18.6 Å². The largest absolute Gasteiger partial charge is 0.323 e. The van der Waals surface area contributed by atoms with E-state index in [1.54, 1.807) is 0 Å². The van der Waals surface area contributed by atoms with Crippen molar-refractivity contribution in [2.45, 2.75) is 32.6 Å². The standard InChI is InChI=1S/C13H18N4/c1-2-3-5-10-12-15-13(17-16-12)14-11-8-6-4-7-9-11/h4,6-9H,2-3,5,10H2,1H3,(H2,14,15,16,17). The monoisotopic (exact) mass is 230 g/mol. The maximum atomic E-state index is 4.40. The number of nitrogens with one attached hydrogen (secondary N) is 2. The van der Waals surface area contributed by atoms with Gasteiger partial charge in [-0.25, -0.2) is 0 Å². The zero-order chi connectivity index (χ0) is 11.9. The van der Waals surface area contributed by atoms with E-state index in [4.69, 9.17) is 0 Å². The molecule has 90 valence electrons. The molecule has 0 unspecified atom stereocenters. The Hall–Kier alpha value is -1.84. The van der Waals surface area contributed by atoms with Crippen molar-refractivity contribution in [3.63, 3.8) is 0 Å². The Morgan fingerprint density at radius 3 is 2.76 bits per heavy atom. The fraction of sp³-hybridized carbons (Fsp3) is 0.385. The van der Waals surface area contributed by atoms with E-state index < -0.39 is 0 Å². The number of para-hydroxylation sites is 1. The topological polar surface area (TPSA) is 53.6 Å². The molecule has 0 atom stereocenters. The number of aromatic amines is 1. The summed E-state index contributed by atoms with van der Waals surface area (Å²) in [6, 6.07) is 9.94.